The highest BCUT2D eigenvalue weighted by atomic mass is 79.9. The van der Waals surface area contributed by atoms with Crippen LogP contribution in [0.1, 0.15) is 39.9 Å². The highest BCUT2D eigenvalue weighted by Gasteiger charge is 2.39. The lowest BCUT2D eigenvalue weighted by Crippen LogP contribution is -2.31. The van der Waals surface area contributed by atoms with E-state index in [0.717, 1.165) is 22.1 Å². The van der Waals surface area contributed by atoms with Crippen molar-refractivity contribution in [3.05, 3.63) is 75.8 Å². The Hall–Kier alpha value is -2.07. The number of anilines is 1. The molecular weight excluding hydrogens is 376 g/mol. The summed E-state index contributed by atoms with van der Waals surface area (Å²) in [6.07, 6.45) is 5.64. The van der Waals surface area contributed by atoms with Crippen molar-refractivity contribution in [3.63, 3.8) is 0 Å². The van der Waals surface area contributed by atoms with E-state index in [2.05, 4.69) is 63.7 Å². The molecule has 1 aliphatic heterocycles. The Morgan fingerprint density at radius 3 is 2.64 bits per heavy atom. The van der Waals surface area contributed by atoms with Crippen molar-refractivity contribution in [1.82, 2.24) is 4.90 Å². The van der Waals surface area contributed by atoms with Gasteiger partial charge in [0, 0.05) is 24.5 Å². The molecule has 1 N–H and O–H groups in total. The average molecular weight is 397 g/mol. The quantitative estimate of drug-likeness (QED) is 0.726. The highest BCUT2D eigenvalue weighted by molar-refractivity contribution is 9.10. The summed E-state index contributed by atoms with van der Waals surface area (Å²) in [4.78, 5) is 14.3. The molecule has 1 amide bonds. The van der Waals surface area contributed by atoms with Crippen LogP contribution in [0, 0.1) is 5.92 Å². The van der Waals surface area contributed by atoms with Crippen molar-refractivity contribution in [1.29, 1.82) is 0 Å². The molecule has 1 heterocycles. The predicted molar refractivity (Wildman–Crippen MR) is 105 cm³/mol. The van der Waals surface area contributed by atoms with Crippen LogP contribution in [0.3, 0.4) is 0 Å². The van der Waals surface area contributed by atoms with Crippen LogP contribution >= 0.6 is 15.9 Å². The molecule has 0 spiro atoms. The molecule has 25 heavy (non-hydrogen) atoms. The number of allylic oxidation sites excluding steroid dienone is 2. The molecule has 2 aliphatic rings. The largest absolute Gasteiger partial charge is 0.377 e. The Morgan fingerprint density at radius 1 is 1.16 bits per heavy atom. The maximum Gasteiger partial charge on any atom is 0.255 e. The first-order valence-electron chi connectivity index (χ1n) is 8.59. The number of halogens is 1. The van der Waals surface area contributed by atoms with E-state index >= 15 is 0 Å². The molecule has 128 valence electrons. The molecule has 0 fully saturated rings. The minimum Gasteiger partial charge on any atom is -0.377 e. The summed E-state index contributed by atoms with van der Waals surface area (Å²) in [5, 5.41) is 3.71. The first kappa shape index (κ1) is 16.4. The van der Waals surface area contributed by atoms with E-state index in [1.165, 1.54) is 11.1 Å². The van der Waals surface area contributed by atoms with E-state index in [4.69, 9.17) is 0 Å². The number of nitrogens with one attached hydrogen (secondary N) is 1. The SMILES string of the molecule is CN(C)C(=O)c1cccc2c1NC(c1ccc(Br)cc1)C1CC=CC21. The number of amides is 1. The molecule has 0 aromatic heterocycles. The normalized spacial score (nSPS) is 23.6. The van der Waals surface area contributed by atoms with Gasteiger partial charge in [0.05, 0.1) is 17.3 Å². The zero-order valence-corrected chi connectivity index (χ0v) is 16.0. The minimum absolute atomic E-state index is 0.0410. The van der Waals surface area contributed by atoms with Gasteiger partial charge >= 0.3 is 0 Å². The lowest BCUT2D eigenvalue weighted by atomic mass is 9.76. The van der Waals surface area contributed by atoms with Crippen molar-refractivity contribution in [3.8, 4) is 0 Å². The molecule has 0 bridgehead atoms. The molecule has 2 aromatic rings. The molecule has 4 rings (SSSR count). The number of para-hydroxylation sites is 1. The standard InChI is InChI=1S/C21H21BrN2O/c1-24(2)21(25)18-8-4-7-17-15-5-3-6-16(15)19(23-20(17)18)13-9-11-14(22)12-10-13/h3-5,7-12,15-16,19,23H,6H2,1-2H3. The summed E-state index contributed by atoms with van der Waals surface area (Å²) in [5.41, 5.74) is 4.24. The molecule has 3 unspecified atom stereocenters. The van der Waals surface area contributed by atoms with Gasteiger partial charge < -0.3 is 10.2 Å². The summed E-state index contributed by atoms with van der Waals surface area (Å²) in [7, 11) is 3.60. The Morgan fingerprint density at radius 2 is 1.92 bits per heavy atom. The topological polar surface area (TPSA) is 32.3 Å². The second-order valence-corrected chi connectivity index (χ2v) is 7.91. The van der Waals surface area contributed by atoms with E-state index in [-0.39, 0.29) is 11.9 Å². The van der Waals surface area contributed by atoms with Gasteiger partial charge in [0.25, 0.3) is 5.91 Å². The monoisotopic (exact) mass is 396 g/mol. The smallest absolute Gasteiger partial charge is 0.255 e. The number of carbonyl (C=O) groups is 1. The second-order valence-electron chi connectivity index (χ2n) is 7.00. The summed E-state index contributed by atoms with van der Waals surface area (Å²) >= 11 is 3.52. The maximum absolute atomic E-state index is 12.7. The third-order valence-corrected chi connectivity index (χ3v) is 5.79. The number of fused-ring (bicyclic) bond motifs is 3. The van der Waals surface area contributed by atoms with Crippen molar-refractivity contribution in [2.45, 2.75) is 18.4 Å². The number of benzene rings is 2. The van der Waals surface area contributed by atoms with E-state index in [1.54, 1.807) is 19.0 Å². The summed E-state index contributed by atoms with van der Waals surface area (Å²) in [6.45, 7) is 0. The van der Waals surface area contributed by atoms with Crippen LogP contribution in [0.4, 0.5) is 5.69 Å². The first-order chi connectivity index (χ1) is 12.1. The fraction of sp³-hybridized carbons (Fsp3) is 0.286. The van der Waals surface area contributed by atoms with E-state index in [9.17, 15) is 4.79 Å². The fourth-order valence-corrected chi connectivity index (χ4v) is 4.31. The first-order valence-corrected chi connectivity index (χ1v) is 9.39. The van der Waals surface area contributed by atoms with Gasteiger partial charge in [0.1, 0.15) is 0 Å². The van der Waals surface area contributed by atoms with Gasteiger partial charge in [-0.15, -0.1) is 0 Å². The van der Waals surface area contributed by atoms with E-state index in [0.29, 0.717) is 11.8 Å². The fourth-order valence-electron chi connectivity index (χ4n) is 4.04. The Labute approximate surface area is 156 Å². The van der Waals surface area contributed by atoms with E-state index < -0.39 is 0 Å². The van der Waals surface area contributed by atoms with Crippen LogP contribution in [-0.2, 0) is 0 Å². The van der Waals surface area contributed by atoms with Crippen molar-refractivity contribution in [2.24, 2.45) is 5.92 Å². The third-order valence-electron chi connectivity index (χ3n) is 5.26. The summed E-state index contributed by atoms with van der Waals surface area (Å²) < 4.78 is 1.08. The van der Waals surface area contributed by atoms with E-state index in [1.807, 2.05) is 12.1 Å². The predicted octanol–water partition coefficient (Wildman–Crippen LogP) is 4.98. The molecule has 0 radical (unpaired) electrons. The molecule has 0 saturated heterocycles. The molecule has 0 saturated carbocycles. The number of rotatable bonds is 2. The van der Waals surface area contributed by atoms with Gasteiger partial charge in [-0.25, -0.2) is 0 Å². The minimum atomic E-state index is 0.0410. The van der Waals surface area contributed by atoms with Gasteiger partial charge in [0.15, 0.2) is 0 Å². The van der Waals surface area contributed by atoms with Crippen LogP contribution in [0.5, 0.6) is 0 Å². The van der Waals surface area contributed by atoms with Crippen LogP contribution in [-0.4, -0.2) is 24.9 Å². The van der Waals surface area contributed by atoms with Gasteiger partial charge in [-0.2, -0.15) is 0 Å². The number of hydrogen-bond acceptors (Lipinski definition) is 2. The zero-order valence-electron chi connectivity index (χ0n) is 14.4. The van der Waals surface area contributed by atoms with Crippen molar-refractivity contribution >= 4 is 27.5 Å². The molecule has 4 heteroatoms. The molecule has 1 aliphatic carbocycles. The Bertz CT molecular complexity index is 841. The van der Waals surface area contributed by atoms with Crippen molar-refractivity contribution < 1.29 is 4.79 Å². The third kappa shape index (κ3) is 2.78. The van der Waals surface area contributed by atoms with Crippen LogP contribution in [0.25, 0.3) is 0 Å². The number of nitrogens with zero attached hydrogens (tertiary/aromatic N) is 1. The molecule has 3 atom stereocenters. The van der Waals surface area contributed by atoms with Crippen molar-refractivity contribution in [2.75, 3.05) is 19.4 Å². The zero-order chi connectivity index (χ0) is 17.6. The maximum atomic E-state index is 12.7. The molecule has 3 nitrogen and oxygen atoms in total. The van der Waals surface area contributed by atoms with Crippen LogP contribution < -0.4 is 5.32 Å². The summed E-state index contributed by atoms with van der Waals surface area (Å²) in [5.74, 6) is 0.887. The number of hydrogen-bond donors (Lipinski definition) is 1. The Balaban J connectivity index is 1.81. The van der Waals surface area contributed by atoms with Gasteiger partial charge in [-0.05, 0) is 41.7 Å². The van der Waals surface area contributed by atoms with Gasteiger partial charge in [-0.3, -0.25) is 4.79 Å². The average Bonchev–Trinajstić information content (AvgIpc) is 3.10. The van der Waals surface area contributed by atoms with Gasteiger partial charge in [0.2, 0.25) is 0 Å². The van der Waals surface area contributed by atoms with Gasteiger partial charge in [-0.1, -0.05) is 52.3 Å². The number of carbonyl (C=O) groups excluding carboxylic acids is 1. The molecule has 2 aromatic carbocycles. The summed E-state index contributed by atoms with van der Waals surface area (Å²) in [6, 6.07) is 14.8. The second kappa shape index (κ2) is 6.34. The lowest BCUT2D eigenvalue weighted by molar-refractivity contribution is 0.0828. The van der Waals surface area contributed by atoms with Crippen LogP contribution in [0.15, 0.2) is 59.1 Å². The lowest BCUT2D eigenvalue weighted by Gasteiger charge is -2.38. The molecular formula is C21H21BrN2O. The van der Waals surface area contributed by atoms with Crippen LogP contribution in [0.2, 0.25) is 0 Å². The Kier molecular flexibility index (Phi) is 4.16. The highest BCUT2D eigenvalue weighted by Crippen LogP contribution is 2.50.